The third-order valence-corrected chi connectivity index (χ3v) is 5.19. The molecule has 0 aliphatic heterocycles. The fourth-order valence-electron chi connectivity index (χ4n) is 2.52. The van der Waals surface area contributed by atoms with Crippen molar-refractivity contribution in [1.82, 2.24) is 10.6 Å². The highest BCUT2D eigenvalue weighted by Gasteiger charge is 2.18. The predicted octanol–water partition coefficient (Wildman–Crippen LogP) is 3.92. The lowest BCUT2D eigenvalue weighted by Crippen LogP contribution is -2.41. The average molecular weight is 507 g/mol. The molecule has 4 N–H and O–H groups in total. The summed E-state index contributed by atoms with van der Waals surface area (Å²) < 4.78 is 0. The van der Waals surface area contributed by atoms with Crippen molar-refractivity contribution in [3.05, 3.63) is 27.7 Å². The Bertz CT molecular complexity index is 765. The van der Waals surface area contributed by atoms with Crippen molar-refractivity contribution < 1.29 is 29.4 Å². The Morgan fingerprint density at radius 3 is 2.06 bits per heavy atom. The molecule has 188 valence electrons. The first-order chi connectivity index (χ1) is 15.0. The van der Waals surface area contributed by atoms with E-state index in [0.717, 1.165) is 19.3 Å². The van der Waals surface area contributed by atoms with E-state index in [9.17, 15) is 24.3 Å². The Morgan fingerprint density at radius 2 is 1.67 bits per heavy atom. The maximum atomic E-state index is 11.9. The average Bonchev–Trinajstić information content (AvgIpc) is 2.77. The van der Waals surface area contributed by atoms with E-state index < -0.39 is 18.0 Å². The summed E-state index contributed by atoms with van der Waals surface area (Å²) in [5, 5.41) is 23.1. The minimum atomic E-state index is -0.758. The highest BCUT2D eigenvalue weighted by atomic mass is 35.5. The number of amides is 2. The van der Waals surface area contributed by atoms with Crippen LogP contribution in [-0.2, 0) is 14.4 Å². The lowest BCUT2D eigenvalue weighted by atomic mass is 10.0. The smallest absolute Gasteiger partial charge is 0.251 e. The zero-order chi connectivity index (χ0) is 24.8. The van der Waals surface area contributed by atoms with Gasteiger partial charge in [-0.2, -0.15) is 0 Å². The van der Waals surface area contributed by atoms with Crippen LogP contribution in [0.5, 0.6) is 5.75 Å². The summed E-state index contributed by atoms with van der Waals surface area (Å²) >= 11 is 11.4. The second-order valence-corrected chi connectivity index (χ2v) is 8.12. The van der Waals surface area contributed by atoms with Crippen LogP contribution in [-0.4, -0.2) is 52.8 Å². The molecule has 1 aromatic rings. The molecule has 0 saturated carbocycles. The van der Waals surface area contributed by atoms with Gasteiger partial charge in [0.1, 0.15) is 12.3 Å². The standard InChI is InChI=1S/C12H13Cl2NO3.C10H19NO3.CH4/c1-3-10(6(2)16)15-12(18)7-4-8(13)11(17)9(14)5-7;1-3-4-5-8(2)10(14)11-9(6-12)7-13;/h4-5,10,17H,3H2,1-2H3,(H,15,18);6,8-9,13H,3-5,7H2,1-2H3,(H,11,14);1H4/t10-;8-,9?;/m00./s1. The molecule has 33 heavy (non-hydrogen) atoms. The van der Waals surface area contributed by atoms with Gasteiger partial charge in [-0.15, -0.1) is 0 Å². The minimum absolute atomic E-state index is 0. The van der Waals surface area contributed by atoms with Crippen molar-refractivity contribution in [1.29, 1.82) is 0 Å². The maximum absolute atomic E-state index is 11.9. The number of benzene rings is 1. The Hall–Kier alpha value is -2.16. The lowest BCUT2D eigenvalue weighted by Gasteiger charge is -2.14. The molecule has 3 atom stereocenters. The van der Waals surface area contributed by atoms with Crippen LogP contribution in [0.2, 0.25) is 10.0 Å². The number of aldehydes is 1. The molecule has 1 rings (SSSR count). The van der Waals surface area contributed by atoms with E-state index in [2.05, 4.69) is 17.6 Å². The summed E-state index contributed by atoms with van der Waals surface area (Å²) in [5.74, 6) is -1.11. The minimum Gasteiger partial charge on any atom is -0.505 e. The predicted molar refractivity (Wildman–Crippen MR) is 131 cm³/mol. The number of carbonyl (C=O) groups excluding carboxylic acids is 4. The van der Waals surface area contributed by atoms with E-state index in [1.54, 1.807) is 6.92 Å². The Balaban J connectivity index is 0. The number of aliphatic hydroxyl groups is 1. The number of phenols is 1. The highest BCUT2D eigenvalue weighted by Crippen LogP contribution is 2.32. The van der Waals surface area contributed by atoms with E-state index >= 15 is 0 Å². The molecule has 2 amide bonds. The molecule has 1 aromatic carbocycles. The van der Waals surface area contributed by atoms with Crippen LogP contribution < -0.4 is 10.6 Å². The van der Waals surface area contributed by atoms with Crippen LogP contribution in [0.15, 0.2) is 12.1 Å². The lowest BCUT2D eigenvalue weighted by molar-refractivity contribution is -0.127. The number of aliphatic hydroxyl groups excluding tert-OH is 1. The van der Waals surface area contributed by atoms with Crippen LogP contribution in [0.4, 0.5) is 0 Å². The Labute approximate surface area is 206 Å². The normalized spacial score (nSPS) is 12.7. The molecule has 8 nitrogen and oxygen atoms in total. The molecule has 0 heterocycles. The fraction of sp³-hybridized carbons (Fsp3) is 0.565. The van der Waals surface area contributed by atoms with Crippen LogP contribution >= 0.6 is 23.2 Å². The molecule has 0 radical (unpaired) electrons. The van der Waals surface area contributed by atoms with E-state index in [1.165, 1.54) is 19.1 Å². The molecule has 0 spiro atoms. The molecule has 0 aromatic heterocycles. The van der Waals surface area contributed by atoms with Crippen molar-refractivity contribution in [2.45, 2.75) is 72.9 Å². The zero-order valence-electron chi connectivity index (χ0n) is 18.8. The molecular formula is C23H36Cl2N2O6. The largest absolute Gasteiger partial charge is 0.505 e. The summed E-state index contributed by atoms with van der Waals surface area (Å²) in [6, 6.07) is 1.30. The summed E-state index contributed by atoms with van der Waals surface area (Å²) in [7, 11) is 0. The first-order valence-electron chi connectivity index (χ1n) is 10.4. The summed E-state index contributed by atoms with van der Waals surface area (Å²) in [6.07, 6.45) is 3.92. The SMILES string of the molecule is C.CCCC[C@H](C)C(=O)NC(C=O)CO.CC[C@H](NC(=O)c1cc(Cl)c(O)c(Cl)c1)C(C)=O. The quantitative estimate of drug-likeness (QED) is 0.336. The third-order valence-electron chi connectivity index (χ3n) is 4.61. The van der Waals surface area contributed by atoms with Crippen molar-refractivity contribution in [3.8, 4) is 5.75 Å². The second-order valence-electron chi connectivity index (χ2n) is 7.31. The van der Waals surface area contributed by atoms with Crippen molar-refractivity contribution in [2.75, 3.05) is 6.61 Å². The van der Waals surface area contributed by atoms with Gasteiger partial charge in [0, 0.05) is 11.5 Å². The number of hydrogen-bond acceptors (Lipinski definition) is 6. The highest BCUT2D eigenvalue weighted by molar-refractivity contribution is 6.37. The molecule has 1 unspecified atom stereocenters. The number of aromatic hydroxyl groups is 1. The maximum Gasteiger partial charge on any atom is 0.251 e. The number of Topliss-reactive ketones (excluding diaryl/α,β-unsaturated/α-hetero) is 1. The van der Waals surface area contributed by atoms with Gasteiger partial charge in [0.05, 0.1) is 22.7 Å². The van der Waals surface area contributed by atoms with Gasteiger partial charge in [0.15, 0.2) is 11.5 Å². The fourth-order valence-corrected chi connectivity index (χ4v) is 3.01. The molecule has 10 heteroatoms. The van der Waals surface area contributed by atoms with E-state index in [0.29, 0.717) is 12.7 Å². The van der Waals surface area contributed by atoms with Gasteiger partial charge in [-0.3, -0.25) is 14.4 Å². The second kappa shape index (κ2) is 17.3. The third kappa shape index (κ3) is 12.0. The van der Waals surface area contributed by atoms with Crippen molar-refractivity contribution in [3.63, 3.8) is 0 Å². The number of halogens is 2. The first kappa shape index (κ1) is 33.0. The van der Waals surface area contributed by atoms with Crippen molar-refractivity contribution in [2.24, 2.45) is 5.92 Å². The Kier molecular flexibility index (Phi) is 17.3. The number of unbranched alkanes of at least 4 members (excludes halogenated alkanes) is 1. The summed E-state index contributed by atoms with van der Waals surface area (Å²) in [4.78, 5) is 44.8. The van der Waals surface area contributed by atoms with Gasteiger partial charge in [-0.05, 0) is 31.9 Å². The number of hydrogen-bond donors (Lipinski definition) is 4. The number of carbonyl (C=O) groups is 4. The van der Waals surface area contributed by atoms with E-state index in [1.807, 2.05) is 6.92 Å². The molecule has 0 aliphatic carbocycles. The van der Waals surface area contributed by atoms with Crippen LogP contribution in [0.3, 0.4) is 0 Å². The monoisotopic (exact) mass is 506 g/mol. The topological polar surface area (TPSA) is 133 Å². The number of ketones is 1. The molecular weight excluding hydrogens is 471 g/mol. The van der Waals surface area contributed by atoms with Gasteiger partial charge in [0.2, 0.25) is 5.91 Å². The van der Waals surface area contributed by atoms with Gasteiger partial charge >= 0.3 is 0 Å². The Morgan fingerprint density at radius 1 is 1.12 bits per heavy atom. The number of rotatable bonds is 11. The molecule has 0 bridgehead atoms. The van der Waals surface area contributed by atoms with E-state index in [4.69, 9.17) is 28.3 Å². The number of nitrogens with one attached hydrogen (secondary N) is 2. The van der Waals surface area contributed by atoms with E-state index in [-0.39, 0.29) is 53.0 Å². The van der Waals surface area contributed by atoms with Crippen LogP contribution in [0.25, 0.3) is 0 Å². The molecule has 0 fully saturated rings. The summed E-state index contributed by atoms with van der Waals surface area (Å²) in [5.41, 5.74) is 0.197. The van der Waals surface area contributed by atoms with Crippen LogP contribution in [0, 0.1) is 5.92 Å². The molecule has 0 aliphatic rings. The van der Waals surface area contributed by atoms with Crippen molar-refractivity contribution >= 4 is 47.1 Å². The summed E-state index contributed by atoms with van der Waals surface area (Å²) in [6.45, 7) is 6.75. The zero-order valence-corrected chi connectivity index (χ0v) is 20.3. The van der Waals surface area contributed by atoms with Crippen LogP contribution in [0.1, 0.15) is 71.2 Å². The number of phenolic OH excluding ortho intramolecular Hbond substituents is 1. The van der Waals surface area contributed by atoms with Gasteiger partial charge in [-0.25, -0.2) is 0 Å². The molecule has 0 saturated heterocycles. The van der Waals surface area contributed by atoms with Gasteiger partial charge in [0.25, 0.3) is 5.91 Å². The first-order valence-corrected chi connectivity index (χ1v) is 11.1. The van der Waals surface area contributed by atoms with Gasteiger partial charge in [-0.1, -0.05) is 64.2 Å². The van der Waals surface area contributed by atoms with Gasteiger partial charge < -0.3 is 25.6 Å².